The second-order valence-corrected chi connectivity index (χ2v) is 9.77. The van der Waals surface area contributed by atoms with E-state index in [1.54, 1.807) is 0 Å². The highest BCUT2D eigenvalue weighted by Gasteiger charge is 2.17. The molecule has 0 saturated heterocycles. The minimum atomic E-state index is 0.523. The Morgan fingerprint density at radius 2 is 2.10 bits per heavy atom. The number of H-pyrrole nitrogens is 1. The summed E-state index contributed by atoms with van der Waals surface area (Å²) in [6, 6.07) is 6.57. The van der Waals surface area contributed by atoms with Crippen LogP contribution in [0, 0.1) is 6.92 Å². The van der Waals surface area contributed by atoms with Crippen LogP contribution in [0.5, 0.6) is 5.88 Å². The number of halogens is 1. The van der Waals surface area contributed by atoms with E-state index in [4.69, 9.17) is 9.84 Å². The molecular formula is C21H23IN7OP. The van der Waals surface area contributed by atoms with Crippen molar-refractivity contribution in [3.63, 3.8) is 0 Å². The van der Waals surface area contributed by atoms with Gasteiger partial charge in [0, 0.05) is 36.8 Å². The minimum absolute atomic E-state index is 0.523. The molecule has 160 valence electrons. The molecule has 1 N–H and O–H groups in total. The van der Waals surface area contributed by atoms with Crippen LogP contribution in [-0.2, 0) is 13.6 Å². The van der Waals surface area contributed by atoms with Gasteiger partial charge in [0.05, 0.1) is 35.0 Å². The normalized spacial score (nSPS) is 16.3. The van der Waals surface area contributed by atoms with Crippen LogP contribution in [0.4, 0.5) is 0 Å². The highest BCUT2D eigenvalue weighted by Crippen LogP contribution is 2.35. The van der Waals surface area contributed by atoms with Crippen molar-refractivity contribution in [2.24, 2.45) is 7.05 Å². The number of benzene rings is 1. The molecule has 0 spiro atoms. The minimum Gasteiger partial charge on any atom is -0.475 e. The first-order chi connectivity index (χ1) is 15.0. The second kappa shape index (κ2) is 8.37. The molecule has 0 saturated carbocycles. The molecule has 0 amide bonds. The quantitative estimate of drug-likeness (QED) is 0.285. The van der Waals surface area contributed by atoms with Gasteiger partial charge in [0.1, 0.15) is 6.61 Å². The molecule has 1 aromatic carbocycles. The maximum absolute atomic E-state index is 6.02. The van der Waals surface area contributed by atoms with Gasteiger partial charge >= 0.3 is 0 Å². The third-order valence-electron chi connectivity index (χ3n) is 5.66. The molecule has 1 aliphatic heterocycles. The molecule has 31 heavy (non-hydrogen) atoms. The summed E-state index contributed by atoms with van der Waals surface area (Å²) >= 11 is 2.37. The molecule has 5 rings (SSSR count). The van der Waals surface area contributed by atoms with Crippen molar-refractivity contribution in [1.82, 2.24) is 34.4 Å². The first kappa shape index (κ1) is 20.7. The maximum Gasteiger partial charge on any atom is 0.240 e. The van der Waals surface area contributed by atoms with E-state index >= 15 is 0 Å². The Balaban J connectivity index is 1.71. The van der Waals surface area contributed by atoms with E-state index in [1.807, 2.05) is 30.9 Å². The molecule has 3 aromatic heterocycles. The van der Waals surface area contributed by atoms with Gasteiger partial charge in [-0.25, -0.2) is 4.45 Å². The van der Waals surface area contributed by atoms with Gasteiger partial charge < -0.3 is 4.74 Å². The standard InChI is InChI=1S/C21H23IN7OP/c1-13-15-5-6-18-16-10-14(4-7-19(16)29(26-18)31-22)17-11-23-28(3)20(17)12-27(2)8-9-30-21(15)25-24-13/h4-7,10-11,31H,8-9,12H2,1-3H3,(H,24,25)/b6-5+. The molecule has 0 radical (unpaired) electrons. The summed E-state index contributed by atoms with van der Waals surface area (Å²) in [5.41, 5.74) is 7.47. The number of hydrogen-bond donors (Lipinski definition) is 1. The van der Waals surface area contributed by atoms with Crippen LogP contribution in [0.1, 0.15) is 22.6 Å². The smallest absolute Gasteiger partial charge is 0.240 e. The number of likely N-dealkylation sites (N-methyl/N-ethyl adjacent to an activating group) is 1. The Hall–Kier alpha value is -2.23. The number of aromatic nitrogens is 6. The lowest BCUT2D eigenvalue weighted by Crippen LogP contribution is -2.25. The molecule has 2 bridgehead atoms. The van der Waals surface area contributed by atoms with Crippen LogP contribution in [0.2, 0.25) is 0 Å². The van der Waals surface area contributed by atoms with Crippen molar-refractivity contribution in [2.45, 2.75) is 13.5 Å². The number of aromatic amines is 1. The monoisotopic (exact) mass is 547 g/mol. The van der Waals surface area contributed by atoms with Crippen LogP contribution < -0.4 is 4.74 Å². The Labute approximate surface area is 195 Å². The molecular weight excluding hydrogens is 524 g/mol. The summed E-state index contributed by atoms with van der Waals surface area (Å²) in [5, 5.41) is 17.9. The SMILES string of the molecule is Cc1[nH]nc2c1/C=C/c1nn(PI)c3ccc(cc13)-c1cnn(C)c1CN(C)CCO2. The highest BCUT2D eigenvalue weighted by atomic mass is 127. The van der Waals surface area contributed by atoms with Crippen molar-refractivity contribution in [3.8, 4) is 17.0 Å². The third-order valence-corrected chi connectivity index (χ3v) is 7.53. The van der Waals surface area contributed by atoms with Gasteiger partial charge in [0.15, 0.2) is 0 Å². The van der Waals surface area contributed by atoms with Gasteiger partial charge in [-0.05, 0) is 65.9 Å². The fraction of sp³-hybridized carbons (Fsp3) is 0.286. The lowest BCUT2D eigenvalue weighted by atomic mass is 10.0. The van der Waals surface area contributed by atoms with Gasteiger partial charge in [-0.15, -0.1) is 5.10 Å². The summed E-state index contributed by atoms with van der Waals surface area (Å²) in [4.78, 5) is 2.24. The van der Waals surface area contributed by atoms with Gasteiger partial charge in [0.25, 0.3) is 0 Å². The zero-order valence-electron chi connectivity index (χ0n) is 17.6. The predicted molar refractivity (Wildman–Crippen MR) is 134 cm³/mol. The van der Waals surface area contributed by atoms with Crippen molar-refractivity contribution in [3.05, 3.63) is 47.0 Å². The van der Waals surface area contributed by atoms with E-state index in [-0.39, 0.29) is 0 Å². The average molecular weight is 547 g/mol. The van der Waals surface area contributed by atoms with Crippen LogP contribution in [0.15, 0.2) is 24.4 Å². The Kier molecular flexibility index (Phi) is 5.58. The number of fused-ring (bicyclic) bond motifs is 4. The summed E-state index contributed by atoms with van der Waals surface area (Å²) < 4.78 is 10.0. The van der Waals surface area contributed by atoms with E-state index in [2.05, 4.69) is 78.0 Å². The van der Waals surface area contributed by atoms with Crippen molar-refractivity contribution in [1.29, 1.82) is 0 Å². The van der Waals surface area contributed by atoms with E-state index in [0.29, 0.717) is 18.9 Å². The number of aryl methyl sites for hydroxylation is 2. The topological polar surface area (TPSA) is 76.8 Å². The van der Waals surface area contributed by atoms with Crippen LogP contribution in [0.25, 0.3) is 34.2 Å². The van der Waals surface area contributed by atoms with Gasteiger partial charge in [-0.2, -0.15) is 10.2 Å². The van der Waals surface area contributed by atoms with Crippen molar-refractivity contribution < 1.29 is 4.74 Å². The van der Waals surface area contributed by atoms with Gasteiger partial charge in [0.2, 0.25) is 5.88 Å². The Morgan fingerprint density at radius 3 is 2.94 bits per heavy atom. The van der Waals surface area contributed by atoms with Crippen molar-refractivity contribution >= 4 is 51.5 Å². The van der Waals surface area contributed by atoms with Crippen LogP contribution in [0.3, 0.4) is 0 Å². The first-order valence-electron chi connectivity index (χ1n) is 10.00. The summed E-state index contributed by atoms with van der Waals surface area (Å²) in [7, 11) is 4.10. The molecule has 1 aliphatic rings. The van der Waals surface area contributed by atoms with Crippen LogP contribution in [-0.4, -0.2) is 54.6 Å². The van der Waals surface area contributed by atoms with Gasteiger partial charge in [-0.1, -0.05) is 6.07 Å². The number of hydrogen-bond acceptors (Lipinski definition) is 5. The highest BCUT2D eigenvalue weighted by molar-refractivity contribution is 14.2. The largest absolute Gasteiger partial charge is 0.475 e. The van der Waals surface area contributed by atoms with Gasteiger partial charge in [-0.3, -0.25) is 14.7 Å². The second-order valence-electron chi connectivity index (χ2n) is 7.73. The predicted octanol–water partition coefficient (Wildman–Crippen LogP) is 4.25. The first-order valence-corrected chi connectivity index (χ1v) is 14.1. The molecule has 1 atom stereocenters. The Bertz CT molecular complexity index is 1290. The average Bonchev–Trinajstić information content (AvgIpc) is 3.41. The molecule has 1 unspecified atom stereocenters. The molecule has 10 heteroatoms. The van der Waals surface area contributed by atoms with E-state index in [0.717, 1.165) is 52.1 Å². The lowest BCUT2D eigenvalue weighted by molar-refractivity contribution is 0.224. The maximum atomic E-state index is 6.02. The van der Waals surface area contributed by atoms with E-state index < -0.39 is 0 Å². The fourth-order valence-corrected chi connectivity index (χ4v) is 5.44. The molecule has 8 nitrogen and oxygen atoms in total. The zero-order chi connectivity index (χ0) is 21.5. The molecule has 0 aliphatic carbocycles. The number of nitrogens with zero attached hydrogens (tertiary/aromatic N) is 6. The Morgan fingerprint density at radius 1 is 1.23 bits per heavy atom. The summed E-state index contributed by atoms with van der Waals surface area (Å²) in [6.45, 7) is 4.11. The van der Waals surface area contributed by atoms with E-state index in [1.165, 1.54) is 5.69 Å². The zero-order valence-corrected chi connectivity index (χ0v) is 20.7. The van der Waals surface area contributed by atoms with E-state index in [9.17, 15) is 0 Å². The molecule has 4 heterocycles. The molecule has 0 fully saturated rings. The third kappa shape index (κ3) is 3.79. The lowest BCUT2D eigenvalue weighted by Gasteiger charge is -2.18. The van der Waals surface area contributed by atoms with Crippen molar-refractivity contribution in [2.75, 3.05) is 20.2 Å². The number of rotatable bonds is 1. The summed E-state index contributed by atoms with van der Waals surface area (Å²) in [5.74, 6) is 0.624. The summed E-state index contributed by atoms with van der Waals surface area (Å²) in [6.07, 6.45) is 6.58. The number of nitrogens with one attached hydrogen (secondary N) is 1. The van der Waals surface area contributed by atoms with Crippen LogP contribution >= 0.6 is 28.4 Å². The molecule has 4 aromatic rings. The number of ether oxygens (including phenoxy) is 1. The fourth-order valence-electron chi connectivity index (χ4n) is 3.90.